The van der Waals surface area contributed by atoms with Crippen LogP contribution in [-0.2, 0) is 40.5 Å². The summed E-state index contributed by atoms with van der Waals surface area (Å²) in [6.07, 6.45) is -0.873. The molecule has 2 atom stereocenters. The number of carboxylic acid groups (broad SMARTS) is 1. The lowest BCUT2D eigenvalue weighted by molar-refractivity contribution is 0.0982. The van der Waals surface area contributed by atoms with E-state index in [2.05, 4.69) is 51.2 Å². The van der Waals surface area contributed by atoms with Crippen LogP contribution in [0.2, 0.25) is 0 Å². The molecule has 0 unspecified atom stereocenters. The number of aromatic nitrogens is 6. The number of benzene rings is 6. The maximum absolute atomic E-state index is 11.7. The summed E-state index contributed by atoms with van der Waals surface area (Å²) in [6, 6.07) is 59.9. The van der Waals surface area contributed by atoms with Gasteiger partial charge in [-0.05, 0) is 84.6 Å². The quantitative estimate of drug-likeness (QED) is 0.105. The first-order valence-electron chi connectivity index (χ1n) is 25.1. The second-order valence-corrected chi connectivity index (χ2v) is 19.6. The average Bonchev–Trinajstić information content (AvgIpc) is 3.95. The summed E-state index contributed by atoms with van der Waals surface area (Å²) < 4.78 is 29.2. The largest absolute Gasteiger partial charge is 0.473 e. The van der Waals surface area contributed by atoms with Crippen molar-refractivity contribution in [1.29, 1.82) is 0 Å². The van der Waals surface area contributed by atoms with Gasteiger partial charge in [0.1, 0.15) is 37.8 Å². The Morgan fingerprint density at radius 1 is 0.526 bits per heavy atom. The number of fused-ring (bicyclic) bond motifs is 2. The van der Waals surface area contributed by atoms with Crippen LogP contribution in [0.25, 0.3) is 44.3 Å². The summed E-state index contributed by atoms with van der Waals surface area (Å²) in [5, 5.41) is 21.3. The highest BCUT2D eigenvalue weighted by Gasteiger charge is 2.33. The molecule has 4 aromatic heterocycles. The molecule has 1 fully saturated rings. The number of hydrogen-bond acceptors (Lipinski definition) is 10. The molecule has 6 aromatic carbocycles. The van der Waals surface area contributed by atoms with E-state index in [1.54, 1.807) is 0 Å². The van der Waals surface area contributed by atoms with Gasteiger partial charge in [-0.1, -0.05) is 137 Å². The van der Waals surface area contributed by atoms with Gasteiger partial charge in [0.15, 0.2) is 0 Å². The highest BCUT2D eigenvalue weighted by atomic mass is 79.9. The number of anilines is 1. The Labute approximate surface area is 449 Å². The van der Waals surface area contributed by atoms with Crippen LogP contribution >= 0.6 is 15.9 Å². The Morgan fingerprint density at radius 2 is 0.921 bits per heavy atom. The number of halogens is 1. The first-order valence-corrected chi connectivity index (χ1v) is 25.9. The maximum Gasteiger partial charge on any atom is 0.407 e. The average molecular weight is 1080 g/mol. The lowest BCUT2D eigenvalue weighted by atomic mass is 10.1. The summed E-state index contributed by atoms with van der Waals surface area (Å²) in [5.41, 5.74) is 10.5. The van der Waals surface area contributed by atoms with Crippen molar-refractivity contribution >= 4 is 49.5 Å². The smallest absolute Gasteiger partial charge is 0.407 e. The van der Waals surface area contributed by atoms with E-state index in [9.17, 15) is 9.90 Å². The molecule has 15 heteroatoms. The van der Waals surface area contributed by atoms with Crippen LogP contribution in [0.5, 0.6) is 23.5 Å². The van der Waals surface area contributed by atoms with Crippen molar-refractivity contribution in [3.8, 4) is 46.0 Å². The minimum Gasteiger partial charge on any atom is -0.473 e. The highest BCUT2D eigenvalue weighted by Crippen LogP contribution is 2.38. The number of aryl methyl sites for hydroxylation is 2. The van der Waals surface area contributed by atoms with Gasteiger partial charge in [-0.25, -0.2) is 4.79 Å². The Kier molecular flexibility index (Phi) is 15.5. The summed E-state index contributed by atoms with van der Waals surface area (Å²) in [4.78, 5) is 25.0. The van der Waals surface area contributed by atoms with Crippen molar-refractivity contribution in [2.24, 2.45) is 14.1 Å². The van der Waals surface area contributed by atoms with Crippen LogP contribution in [0.1, 0.15) is 36.1 Å². The van der Waals surface area contributed by atoms with E-state index >= 15 is 0 Å². The molecular weight excluding hydrogens is 1020 g/mol. The van der Waals surface area contributed by atoms with Gasteiger partial charge in [-0.2, -0.15) is 20.2 Å². The zero-order chi connectivity index (χ0) is 52.5. The van der Waals surface area contributed by atoms with Crippen molar-refractivity contribution in [3.63, 3.8) is 0 Å². The van der Waals surface area contributed by atoms with Gasteiger partial charge in [0.25, 0.3) is 0 Å². The van der Waals surface area contributed by atoms with Crippen LogP contribution in [0.3, 0.4) is 0 Å². The summed E-state index contributed by atoms with van der Waals surface area (Å²) >= 11 is 3.55. The standard InChI is InChI=1S/C34H35N5O4.C27H22BrN3O2/c1-23-19-38(20-24(2)39(23)34(40)41)27-14-15-28-30(18-27)37(3)36-32(28)29-16-17-31(42-21-25-10-6-4-7-11-25)35-33(29)43-22-26-12-8-5-9-13-26;1-31-24-16-21(28)12-13-22(24)26(30-31)23-14-15-25(32-17-19-8-4-2-5-9-19)29-27(23)33-18-20-10-6-3-7-11-20/h4-18,23-24H,19-22H2,1-3H3,(H,40,41);2-16H,17-18H2,1H3/t23-,24-;/m0./s1. The summed E-state index contributed by atoms with van der Waals surface area (Å²) in [6.45, 7) is 6.75. The Balaban J connectivity index is 0.000000179. The van der Waals surface area contributed by atoms with E-state index in [0.717, 1.165) is 76.7 Å². The molecule has 1 aliphatic heterocycles. The highest BCUT2D eigenvalue weighted by molar-refractivity contribution is 9.10. The number of pyridine rings is 2. The summed E-state index contributed by atoms with van der Waals surface area (Å²) in [5.74, 6) is 1.92. The fourth-order valence-electron chi connectivity index (χ4n) is 9.48. The van der Waals surface area contributed by atoms with Crippen LogP contribution < -0.4 is 23.8 Å². The molecular formula is C61H57BrN8O6. The molecule has 10 aromatic rings. The fourth-order valence-corrected chi connectivity index (χ4v) is 9.83. The fraction of sp³-hybridized carbons (Fsp3) is 0.197. The lowest BCUT2D eigenvalue weighted by Crippen LogP contribution is -2.58. The monoisotopic (exact) mass is 1080 g/mol. The SMILES string of the molecule is C[C@H]1CN(c2ccc3c(-c4ccc(OCc5ccccc5)nc4OCc4ccccc4)nn(C)c3c2)C[C@H](C)N1C(=O)O.Cn1nc(-c2ccc(OCc3ccccc3)nc2OCc2ccccc2)c2ccc(Br)cc21. The van der Waals surface area contributed by atoms with Crippen molar-refractivity contribution in [2.75, 3.05) is 18.0 Å². The van der Waals surface area contributed by atoms with Crippen LogP contribution in [0.4, 0.5) is 10.5 Å². The molecule has 76 heavy (non-hydrogen) atoms. The van der Waals surface area contributed by atoms with E-state index in [0.29, 0.717) is 63.0 Å². The number of ether oxygens (including phenoxy) is 4. The molecule has 0 spiro atoms. The van der Waals surface area contributed by atoms with Gasteiger partial charge in [-0.15, -0.1) is 0 Å². The number of carbonyl (C=O) groups is 1. The topological polar surface area (TPSA) is 142 Å². The van der Waals surface area contributed by atoms with Crippen molar-refractivity contribution in [2.45, 2.75) is 52.4 Å². The predicted octanol–water partition coefficient (Wildman–Crippen LogP) is 12.9. The zero-order valence-electron chi connectivity index (χ0n) is 42.7. The molecule has 1 amide bonds. The van der Waals surface area contributed by atoms with Crippen LogP contribution in [0.15, 0.2) is 186 Å². The Hall–Kier alpha value is -8.69. The number of nitrogens with zero attached hydrogens (tertiary/aromatic N) is 8. The lowest BCUT2D eigenvalue weighted by Gasteiger charge is -2.43. The molecule has 5 heterocycles. The Bertz CT molecular complexity index is 3570. The third-order valence-corrected chi connectivity index (χ3v) is 13.7. The van der Waals surface area contributed by atoms with Crippen LogP contribution in [-0.4, -0.2) is 70.8 Å². The number of hydrogen-bond donors (Lipinski definition) is 1. The second-order valence-electron chi connectivity index (χ2n) is 18.7. The molecule has 0 aliphatic carbocycles. The Morgan fingerprint density at radius 3 is 1.34 bits per heavy atom. The van der Waals surface area contributed by atoms with E-state index in [1.807, 2.05) is 189 Å². The van der Waals surface area contributed by atoms with E-state index in [4.69, 9.17) is 39.1 Å². The molecule has 0 bridgehead atoms. The molecule has 14 nitrogen and oxygen atoms in total. The van der Waals surface area contributed by atoms with Gasteiger partial charge in [0.05, 0.1) is 34.2 Å². The van der Waals surface area contributed by atoms with Gasteiger partial charge >= 0.3 is 6.09 Å². The molecule has 0 saturated carbocycles. The van der Waals surface area contributed by atoms with Crippen LogP contribution in [0, 0.1) is 0 Å². The first-order chi connectivity index (χ1) is 37.0. The molecule has 384 valence electrons. The molecule has 1 aliphatic rings. The molecule has 11 rings (SSSR count). The maximum atomic E-state index is 11.7. The van der Waals surface area contributed by atoms with E-state index in [1.165, 1.54) is 4.90 Å². The predicted molar refractivity (Wildman–Crippen MR) is 300 cm³/mol. The molecule has 0 radical (unpaired) electrons. The van der Waals surface area contributed by atoms with Gasteiger partial charge in [0, 0.05) is 60.3 Å². The normalized spacial score (nSPS) is 14.3. The third kappa shape index (κ3) is 11.8. The number of amides is 1. The molecule has 1 N–H and O–H groups in total. The minimum absolute atomic E-state index is 0.114. The minimum atomic E-state index is -0.873. The van der Waals surface area contributed by atoms with Crippen molar-refractivity contribution < 1.29 is 28.8 Å². The summed E-state index contributed by atoms with van der Waals surface area (Å²) in [7, 11) is 3.87. The zero-order valence-corrected chi connectivity index (χ0v) is 44.2. The number of piperazine rings is 1. The second kappa shape index (κ2) is 23.2. The molecule has 1 saturated heterocycles. The van der Waals surface area contributed by atoms with Gasteiger partial charge in [0.2, 0.25) is 23.5 Å². The van der Waals surface area contributed by atoms with Gasteiger partial charge < -0.3 is 29.0 Å². The van der Waals surface area contributed by atoms with Crippen molar-refractivity contribution in [1.82, 2.24) is 34.4 Å². The van der Waals surface area contributed by atoms with E-state index < -0.39 is 6.09 Å². The number of rotatable bonds is 15. The third-order valence-electron chi connectivity index (χ3n) is 13.2. The van der Waals surface area contributed by atoms with Gasteiger partial charge in [-0.3, -0.25) is 14.3 Å². The first kappa shape index (κ1) is 50.8. The van der Waals surface area contributed by atoms with E-state index in [-0.39, 0.29) is 12.1 Å². The van der Waals surface area contributed by atoms with Crippen molar-refractivity contribution in [3.05, 3.63) is 209 Å².